The van der Waals surface area contributed by atoms with Gasteiger partial charge < -0.3 is 10.1 Å². The zero-order chi connectivity index (χ0) is 24.2. The first-order valence-corrected chi connectivity index (χ1v) is 11.4. The molecule has 0 aliphatic carbocycles. The van der Waals surface area contributed by atoms with E-state index in [0.29, 0.717) is 29.0 Å². The van der Waals surface area contributed by atoms with Crippen LogP contribution in [0.1, 0.15) is 66.7 Å². The number of ether oxygens (including phenoxy) is 1. The van der Waals surface area contributed by atoms with Crippen molar-refractivity contribution in [1.82, 2.24) is 0 Å². The first kappa shape index (κ1) is 24.2. The fraction of sp³-hybridized carbons (Fsp3) is 0.310. The van der Waals surface area contributed by atoms with Gasteiger partial charge in [-0.1, -0.05) is 70.2 Å². The van der Waals surface area contributed by atoms with Crippen molar-refractivity contribution in [2.45, 2.75) is 59.5 Å². The topological polar surface area (TPSA) is 55.4 Å². The Labute approximate surface area is 197 Å². The highest BCUT2D eigenvalue weighted by molar-refractivity contribution is 6.09. The normalized spacial score (nSPS) is 12.2. The summed E-state index contributed by atoms with van der Waals surface area (Å²) in [6.45, 7) is 12.4. The molecular weight excluding hydrogens is 410 g/mol. The second-order valence-electron chi connectivity index (χ2n) is 9.49. The third-order valence-corrected chi connectivity index (χ3v) is 5.83. The van der Waals surface area contributed by atoms with Crippen molar-refractivity contribution < 1.29 is 14.3 Å². The van der Waals surface area contributed by atoms with Crippen LogP contribution in [0.25, 0.3) is 0 Å². The summed E-state index contributed by atoms with van der Waals surface area (Å²) in [5, 5.41) is 2.90. The molecule has 3 rings (SSSR count). The first-order valence-electron chi connectivity index (χ1n) is 11.4. The molecule has 1 atom stereocenters. The Morgan fingerprint density at radius 3 is 2.18 bits per heavy atom. The summed E-state index contributed by atoms with van der Waals surface area (Å²) < 4.78 is 5.94. The molecule has 0 saturated carbocycles. The Morgan fingerprint density at radius 1 is 0.879 bits per heavy atom. The number of benzene rings is 3. The Morgan fingerprint density at radius 2 is 1.58 bits per heavy atom. The van der Waals surface area contributed by atoms with Gasteiger partial charge in [0.2, 0.25) is 0 Å². The predicted molar refractivity (Wildman–Crippen MR) is 134 cm³/mol. The van der Waals surface area contributed by atoms with Crippen LogP contribution in [0.4, 0.5) is 5.69 Å². The first-order chi connectivity index (χ1) is 15.6. The van der Waals surface area contributed by atoms with Crippen molar-refractivity contribution >= 4 is 17.4 Å². The van der Waals surface area contributed by atoms with Gasteiger partial charge in [0.05, 0.1) is 0 Å². The molecular formula is C29H33NO3. The molecule has 0 fully saturated rings. The van der Waals surface area contributed by atoms with Crippen LogP contribution in [-0.2, 0) is 10.2 Å². The van der Waals surface area contributed by atoms with Gasteiger partial charge in [-0.2, -0.15) is 0 Å². The lowest BCUT2D eigenvalue weighted by molar-refractivity contribution is -0.122. The number of carbonyl (C=O) groups excluding carboxylic acids is 2. The van der Waals surface area contributed by atoms with E-state index < -0.39 is 6.10 Å². The molecule has 172 valence electrons. The molecule has 3 aromatic carbocycles. The standard InChI is InChI=1S/C29H33NO3/c1-7-26(33-25-16-11-19(2)20(3)17-25)28(32)30-24-10-8-9-22(18-24)27(31)21-12-14-23(15-13-21)29(4,5)6/h8-18,26H,7H2,1-6H3,(H,30,32). The molecule has 33 heavy (non-hydrogen) atoms. The van der Waals surface area contributed by atoms with Crippen molar-refractivity contribution in [3.63, 3.8) is 0 Å². The largest absolute Gasteiger partial charge is 0.481 e. The van der Waals surface area contributed by atoms with E-state index in [2.05, 4.69) is 26.1 Å². The Hall–Kier alpha value is -3.40. The van der Waals surface area contributed by atoms with Gasteiger partial charge in [0.1, 0.15) is 5.75 Å². The molecule has 0 aliphatic rings. The monoisotopic (exact) mass is 443 g/mol. The minimum Gasteiger partial charge on any atom is -0.481 e. The van der Waals surface area contributed by atoms with Crippen LogP contribution in [0.2, 0.25) is 0 Å². The lowest BCUT2D eigenvalue weighted by Crippen LogP contribution is -2.32. The summed E-state index contributed by atoms with van der Waals surface area (Å²) in [7, 11) is 0. The molecule has 0 spiro atoms. The summed E-state index contributed by atoms with van der Waals surface area (Å²) in [5.74, 6) is 0.350. The third kappa shape index (κ3) is 6.10. The number of hydrogen-bond donors (Lipinski definition) is 1. The lowest BCUT2D eigenvalue weighted by atomic mass is 9.86. The van der Waals surface area contributed by atoms with E-state index in [0.717, 1.165) is 5.56 Å². The van der Waals surface area contributed by atoms with Crippen LogP contribution in [0.5, 0.6) is 5.75 Å². The molecule has 3 aromatic rings. The summed E-state index contributed by atoms with van der Waals surface area (Å²) in [5.41, 5.74) is 5.21. The zero-order valence-electron chi connectivity index (χ0n) is 20.4. The van der Waals surface area contributed by atoms with Crippen LogP contribution in [-0.4, -0.2) is 17.8 Å². The molecule has 0 aromatic heterocycles. The highest BCUT2D eigenvalue weighted by Gasteiger charge is 2.20. The molecule has 0 saturated heterocycles. The number of carbonyl (C=O) groups is 2. The number of ketones is 1. The third-order valence-electron chi connectivity index (χ3n) is 5.83. The van der Waals surface area contributed by atoms with Crippen molar-refractivity contribution in [3.05, 3.63) is 94.5 Å². The number of amides is 1. The quantitative estimate of drug-likeness (QED) is 0.417. The smallest absolute Gasteiger partial charge is 0.265 e. The average molecular weight is 444 g/mol. The molecule has 0 heterocycles. The van der Waals surface area contributed by atoms with Crippen LogP contribution in [0, 0.1) is 13.8 Å². The Balaban J connectivity index is 1.72. The van der Waals surface area contributed by atoms with Crippen LogP contribution >= 0.6 is 0 Å². The maximum atomic E-state index is 13.0. The number of hydrogen-bond acceptors (Lipinski definition) is 3. The Bertz CT molecular complexity index is 1140. The van der Waals surface area contributed by atoms with Crippen LogP contribution in [0.3, 0.4) is 0 Å². The second kappa shape index (κ2) is 10.0. The number of nitrogens with one attached hydrogen (secondary N) is 1. The molecule has 1 unspecified atom stereocenters. The van der Waals surface area contributed by atoms with E-state index >= 15 is 0 Å². The molecule has 4 heteroatoms. The fourth-order valence-corrected chi connectivity index (χ4v) is 3.52. The molecule has 1 N–H and O–H groups in total. The maximum Gasteiger partial charge on any atom is 0.265 e. The second-order valence-corrected chi connectivity index (χ2v) is 9.49. The zero-order valence-corrected chi connectivity index (χ0v) is 20.4. The highest BCUT2D eigenvalue weighted by atomic mass is 16.5. The summed E-state index contributed by atoms with van der Waals surface area (Å²) >= 11 is 0. The van der Waals surface area contributed by atoms with Gasteiger partial charge in [0.15, 0.2) is 11.9 Å². The number of anilines is 1. The molecule has 0 bridgehead atoms. The number of rotatable bonds is 7. The highest BCUT2D eigenvalue weighted by Crippen LogP contribution is 2.24. The van der Waals surface area contributed by atoms with Crippen molar-refractivity contribution in [1.29, 1.82) is 0 Å². The lowest BCUT2D eigenvalue weighted by Gasteiger charge is -2.19. The van der Waals surface area contributed by atoms with E-state index in [1.54, 1.807) is 24.3 Å². The van der Waals surface area contributed by atoms with Gasteiger partial charge in [-0.05, 0) is 66.6 Å². The Kier molecular flexibility index (Phi) is 7.37. The van der Waals surface area contributed by atoms with Crippen molar-refractivity contribution in [2.24, 2.45) is 0 Å². The SMILES string of the molecule is CCC(Oc1ccc(C)c(C)c1)C(=O)Nc1cccc(C(=O)c2ccc(C(C)(C)C)cc2)c1. The van der Waals surface area contributed by atoms with E-state index in [9.17, 15) is 9.59 Å². The average Bonchev–Trinajstić information content (AvgIpc) is 2.79. The van der Waals surface area contributed by atoms with Crippen molar-refractivity contribution in [3.8, 4) is 5.75 Å². The summed E-state index contributed by atoms with van der Waals surface area (Å²) in [6, 6.07) is 20.5. The molecule has 0 radical (unpaired) electrons. The van der Waals surface area contributed by atoms with Gasteiger partial charge in [0.25, 0.3) is 5.91 Å². The molecule has 1 amide bonds. The van der Waals surface area contributed by atoms with Gasteiger partial charge in [-0.15, -0.1) is 0 Å². The number of aryl methyl sites for hydroxylation is 2. The van der Waals surface area contributed by atoms with E-state index in [-0.39, 0.29) is 17.1 Å². The van der Waals surface area contributed by atoms with Gasteiger partial charge in [0, 0.05) is 16.8 Å². The predicted octanol–water partition coefficient (Wildman–Crippen LogP) is 6.63. The fourth-order valence-electron chi connectivity index (χ4n) is 3.52. The summed E-state index contributed by atoms with van der Waals surface area (Å²) in [6.07, 6.45) is -0.103. The minimum absolute atomic E-state index is 0.0287. The van der Waals surface area contributed by atoms with E-state index in [1.807, 2.05) is 63.2 Å². The summed E-state index contributed by atoms with van der Waals surface area (Å²) in [4.78, 5) is 25.9. The van der Waals surface area contributed by atoms with Crippen LogP contribution < -0.4 is 10.1 Å². The van der Waals surface area contributed by atoms with E-state index in [4.69, 9.17) is 4.74 Å². The minimum atomic E-state index is -0.628. The molecule has 4 nitrogen and oxygen atoms in total. The maximum absolute atomic E-state index is 13.0. The van der Waals surface area contributed by atoms with Crippen molar-refractivity contribution in [2.75, 3.05) is 5.32 Å². The van der Waals surface area contributed by atoms with E-state index in [1.165, 1.54) is 11.1 Å². The van der Waals surface area contributed by atoms with Gasteiger partial charge >= 0.3 is 0 Å². The van der Waals surface area contributed by atoms with Gasteiger partial charge in [-0.3, -0.25) is 9.59 Å². The van der Waals surface area contributed by atoms with Crippen LogP contribution in [0.15, 0.2) is 66.7 Å². The van der Waals surface area contributed by atoms with Gasteiger partial charge in [-0.25, -0.2) is 0 Å². The molecule has 0 aliphatic heterocycles.